The first-order valence-electron chi connectivity index (χ1n) is 8.41. The topological polar surface area (TPSA) is 55.4 Å². The maximum Gasteiger partial charge on any atom is 0.248 e. The van der Waals surface area contributed by atoms with Gasteiger partial charge in [-0.1, -0.05) is 37.6 Å². The van der Waals surface area contributed by atoms with E-state index in [4.69, 9.17) is 4.74 Å². The molecule has 0 saturated carbocycles. The van der Waals surface area contributed by atoms with Crippen molar-refractivity contribution < 1.29 is 14.3 Å². The smallest absolute Gasteiger partial charge is 0.248 e. The minimum atomic E-state index is -0.246. The molecule has 2 aromatic rings. The predicted molar refractivity (Wildman–Crippen MR) is 101 cm³/mol. The molecule has 4 heteroatoms. The minimum Gasteiger partial charge on any atom is -0.494 e. The Bertz CT molecular complexity index is 748. The van der Waals surface area contributed by atoms with Gasteiger partial charge in [0.05, 0.1) is 6.61 Å². The SMILES string of the molecule is CCCCOc1ccc(/C=C/C(=O)Nc2cccc(C(C)=O)c2)cc1. The van der Waals surface area contributed by atoms with Crippen LogP contribution < -0.4 is 10.1 Å². The maximum atomic E-state index is 12.0. The molecule has 0 heterocycles. The lowest BCUT2D eigenvalue weighted by Crippen LogP contribution is -2.08. The average Bonchev–Trinajstić information content (AvgIpc) is 2.61. The summed E-state index contributed by atoms with van der Waals surface area (Å²) in [4.78, 5) is 23.4. The van der Waals surface area contributed by atoms with Gasteiger partial charge in [0.2, 0.25) is 5.91 Å². The van der Waals surface area contributed by atoms with E-state index >= 15 is 0 Å². The number of ketones is 1. The fourth-order valence-electron chi connectivity index (χ4n) is 2.18. The second-order valence-corrected chi connectivity index (χ2v) is 5.73. The van der Waals surface area contributed by atoms with E-state index in [0.717, 1.165) is 24.2 Å². The molecular weight excluding hydrogens is 314 g/mol. The largest absolute Gasteiger partial charge is 0.494 e. The Morgan fingerprint density at radius 3 is 2.56 bits per heavy atom. The number of carbonyl (C=O) groups is 2. The van der Waals surface area contributed by atoms with Crippen LogP contribution in [-0.2, 0) is 4.79 Å². The molecule has 0 atom stereocenters. The zero-order chi connectivity index (χ0) is 18.1. The van der Waals surface area contributed by atoms with E-state index in [0.29, 0.717) is 17.9 Å². The van der Waals surface area contributed by atoms with Crippen LogP contribution >= 0.6 is 0 Å². The van der Waals surface area contributed by atoms with Gasteiger partial charge in [0.25, 0.3) is 0 Å². The highest BCUT2D eigenvalue weighted by Gasteiger charge is 2.02. The number of Topliss-reactive ketones (excluding diaryl/α,β-unsaturated/α-hetero) is 1. The summed E-state index contributed by atoms with van der Waals surface area (Å²) in [7, 11) is 0. The standard InChI is InChI=1S/C21H23NO3/c1-3-4-14-25-20-11-8-17(9-12-20)10-13-21(24)22-19-7-5-6-18(15-19)16(2)23/h5-13,15H,3-4,14H2,1-2H3,(H,22,24)/b13-10+. The Balaban J connectivity index is 1.91. The summed E-state index contributed by atoms with van der Waals surface area (Å²) in [6.45, 7) is 4.34. The first-order chi connectivity index (χ1) is 12.1. The lowest BCUT2D eigenvalue weighted by atomic mass is 10.1. The van der Waals surface area contributed by atoms with Gasteiger partial charge in [-0.25, -0.2) is 0 Å². The third-order valence-corrected chi connectivity index (χ3v) is 3.61. The number of anilines is 1. The van der Waals surface area contributed by atoms with Crippen molar-refractivity contribution in [3.63, 3.8) is 0 Å². The minimum absolute atomic E-state index is 0.0344. The van der Waals surface area contributed by atoms with Crippen molar-refractivity contribution in [2.45, 2.75) is 26.7 Å². The Labute approximate surface area is 148 Å². The van der Waals surface area contributed by atoms with E-state index in [-0.39, 0.29) is 11.7 Å². The fourth-order valence-corrected chi connectivity index (χ4v) is 2.18. The van der Waals surface area contributed by atoms with Crippen LogP contribution in [0, 0.1) is 0 Å². The van der Waals surface area contributed by atoms with Crippen LogP contribution in [0.2, 0.25) is 0 Å². The summed E-state index contributed by atoms with van der Waals surface area (Å²) in [5.41, 5.74) is 2.08. The van der Waals surface area contributed by atoms with Crippen molar-refractivity contribution in [1.29, 1.82) is 0 Å². The average molecular weight is 337 g/mol. The summed E-state index contributed by atoms with van der Waals surface area (Å²) in [6, 6.07) is 14.5. The molecule has 0 fully saturated rings. The molecule has 0 aliphatic carbocycles. The van der Waals surface area contributed by atoms with Gasteiger partial charge < -0.3 is 10.1 Å². The summed E-state index contributed by atoms with van der Waals surface area (Å²) >= 11 is 0. The first kappa shape index (κ1) is 18.5. The number of rotatable bonds is 8. The molecule has 1 N–H and O–H groups in total. The normalized spacial score (nSPS) is 10.6. The van der Waals surface area contributed by atoms with Crippen LogP contribution in [-0.4, -0.2) is 18.3 Å². The van der Waals surface area contributed by atoms with Crippen LogP contribution in [0.4, 0.5) is 5.69 Å². The maximum absolute atomic E-state index is 12.0. The second kappa shape index (κ2) is 9.42. The molecule has 25 heavy (non-hydrogen) atoms. The zero-order valence-electron chi connectivity index (χ0n) is 14.6. The summed E-state index contributed by atoms with van der Waals surface area (Å²) in [5, 5.41) is 2.75. The number of hydrogen-bond acceptors (Lipinski definition) is 3. The number of ether oxygens (including phenoxy) is 1. The molecule has 4 nitrogen and oxygen atoms in total. The molecule has 0 aromatic heterocycles. The zero-order valence-corrected chi connectivity index (χ0v) is 14.6. The lowest BCUT2D eigenvalue weighted by molar-refractivity contribution is -0.111. The molecule has 0 unspecified atom stereocenters. The molecule has 1 amide bonds. The van der Waals surface area contributed by atoms with Gasteiger partial charge >= 0.3 is 0 Å². The van der Waals surface area contributed by atoms with Crippen LogP contribution in [0.1, 0.15) is 42.6 Å². The van der Waals surface area contributed by atoms with Gasteiger partial charge in [-0.15, -0.1) is 0 Å². The lowest BCUT2D eigenvalue weighted by Gasteiger charge is -2.05. The van der Waals surface area contributed by atoms with E-state index < -0.39 is 0 Å². The van der Waals surface area contributed by atoms with E-state index in [9.17, 15) is 9.59 Å². The molecular formula is C21H23NO3. The Kier molecular flexibility index (Phi) is 6.96. The monoisotopic (exact) mass is 337 g/mol. The predicted octanol–water partition coefficient (Wildman–Crippen LogP) is 4.72. The van der Waals surface area contributed by atoms with Gasteiger partial charge in [0.15, 0.2) is 5.78 Å². The molecule has 0 radical (unpaired) electrons. The molecule has 130 valence electrons. The molecule has 0 aliphatic heterocycles. The molecule has 2 rings (SSSR count). The Morgan fingerprint density at radius 2 is 1.88 bits per heavy atom. The first-order valence-corrected chi connectivity index (χ1v) is 8.41. The van der Waals surface area contributed by atoms with Gasteiger partial charge in [-0.3, -0.25) is 9.59 Å². The van der Waals surface area contributed by atoms with Crippen molar-refractivity contribution in [1.82, 2.24) is 0 Å². The number of unbranched alkanes of at least 4 members (excludes halogenated alkanes) is 1. The number of nitrogens with one attached hydrogen (secondary N) is 1. The van der Waals surface area contributed by atoms with Gasteiger partial charge in [0.1, 0.15) is 5.75 Å². The molecule has 0 bridgehead atoms. The van der Waals surface area contributed by atoms with E-state index in [1.54, 1.807) is 30.3 Å². The van der Waals surface area contributed by atoms with Crippen LogP contribution in [0.25, 0.3) is 6.08 Å². The molecule has 0 saturated heterocycles. The number of carbonyl (C=O) groups excluding carboxylic acids is 2. The number of benzene rings is 2. The van der Waals surface area contributed by atoms with Gasteiger partial charge in [-0.05, 0) is 49.2 Å². The molecule has 0 spiro atoms. The van der Waals surface area contributed by atoms with Crippen LogP contribution in [0.3, 0.4) is 0 Å². The van der Waals surface area contributed by atoms with Gasteiger partial charge in [0, 0.05) is 17.3 Å². The second-order valence-electron chi connectivity index (χ2n) is 5.73. The summed E-state index contributed by atoms with van der Waals surface area (Å²) in [5.74, 6) is 0.549. The highest BCUT2D eigenvalue weighted by atomic mass is 16.5. The molecule has 0 aliphatic rings. The van der Waals surface area contributed by atoms with Crippen LogP contribution in [0.15, 0.2) is 54.6 Å². The van der Waals surface area contributed by atoms with Crippen molar-refractivity contribution in [2.75, 3.05) is 11.9 Å². The summed E-state index contributed by atoms with van der Waals surface area (Å²) in [6.07, 6.45) is 5.34. The van der Waals surface area contributed by atoms with Crippen LogP contribution in [0.5, 0.6) is 5.75 Å². The van der Waals surface area contributed by atoms with Crippen molar-refractivity contribution >= 4 is 23.5 Å². The van der Waals surface area contributed by atoms with E-state index in [1.165, 1.54) is 13.0 Å². The third kappa shape index (κ3) is 6.26. The highest BCUT2D eigenvalue weighted by molar-refractivity contribution is 6.03. The van der Waals surface area contributed by atoms with Crippen molar-refractivity contribution in [3.05, 3.63) is 65.7 Å². The summed E-state index contributed by atoms with van der Waals surface area (Å²) < 4.78 is 5.61. The van der Waals surface area contributed by atoms with Crippen molar-refractivity contribution in [2.24, 2.45) is 0 Å². The van der Waals surface area contributed by atoms with Crippen molar-refractivity contribution in [3.8, 4) is 5.75 Å². The Hall–Kier alpha value is -2.88. The van der Waals surface area contributed by atoms with E-state index in [1.807, 2.05) is 24.3 Å². The number of amides is 1. The van der Waals surface area contributed by atoms with Gasteiger partial charge in [-0.2, -0.15) is 0 Å². The molecule has 2 aromatic carbocycles. The highest BCUT2D eigenvalue weighted by Crippen LogP contribution is 2.14. The third-order valence-electron chi connectivity index (χ3n) is 3.61. The fraction of sp³-hybridized carbons (Fsp3) is 0.238. The Morgan fingerprint density at radius 1 is 1.12 bits per heavy atom. The van der Waals surface area contributed by atoms with E-state index in [2.05, 4.69) is 12.2 Å². The number of hydrogen-bond donors (Lipinski definition) is 1. The quantitative estimate of drug-likeness (QED) is 0.431.